The van der Waals surface area contributed by atoms with Gasteiger partial charge in [0.15, 0.2) is 5.66 Å². The van der Waals surface area contributed by atoms with Crippen LogP contribution in [-0.2, 0) is 4.79 Å². The van der Waals surface area contributed by atoms with Crippen molar-refractivity contribution in [2.45, 2.75) is 19.5 Å². The third-order valence-electron chi connectivity index (χ3n) is 1.58. The largest absolute Gasteiger partial charge is 0.478 e. The summed E-state index contributed by atoms with van der Waals surface area (Å²) in [5.74, 6) is -1.91. The fourth-order valence-corrected chi connectivity index (χ4v) is 0.622. The molecule has 0 fully saturated rings. The van der Waals surface area contributed by atoms with Gasteiger partial charge in [-0.1, -0.05) is 13.8 Å². The van der Waals surface area contributed by atoms with Crippen molar-refractivity contribution >= 4 is 12.1 Å². The first-order chi connectivity index (χ1) is 5.30. The van der Waals surface area contributed by atoms with Crippen LogP contribution in [-0.4, -0.2) is 27.9 Å². The van der Waals surface area contributed by atoms with Gasteiger partial charge in [0.25, 0.3) is 0 Å². The van der Waals surface area contributed by atoms with Gasteiger partial charge in [-0.3, -0.25) is 11.1 Å². The van der Waals surface area contributed by atoms with Crippen LogP contribution in [0.3, 0.4) is 0 Å². The molecule has 0 aromatic heterocycles. The molecular weight excluding hydrogens is 164 g/mol. The number of nitrogens with two attached hydrogens (primary N) is 1. The quantitative estimate of drug-likeness (QED) is 0.439. The lowest BCUT2D eigenvalue weighted by Gasteiger charge is -2.28. The van der Waals surface area contributed by atoms with E-state index in [9.17, 15) is 9.59 Å². The zero-order chi connectivity index (χ0) is 9.94. The molecule has 0 aliphatic rings. The van der Waals surface area contributed by atoms with Crippen molar-refractivity contribution < 1.29 is 19.8 Å². The molecule has 0 aromatic rings. The Bertz CT molecular complexity index is 204. The molecule has 0 heterocycles. The molecule has 0 bridgehead atoms. The van der Waals surface area contributed by atoms with Crippen molar-refractivity contribution in [3.8, 4) is 0 Å². The molecule has 0 aliphatic carbocycles. The first kappa shape index (κ1) is 10.7. The predicted octanol–water partition coefficient (Wildman–Crippen LogP) is -0.350. The first-order valence-corrected chi connectivity index (χ1v) is 3.34. The molecule has 0 rings (SSSR count). The number of hydrogen-bond donors (Lipinski definition) is 4. The number of carboxylic acid groups (broad SMARTS) is 2. The van der Waals surface area contributed by atoms with Gasteiger partial charge in [0.05, 0.1) is 0 Å². The molecule has 0 spiro atoms. The molecule has 0 radical (unpaired) electrons. The minimum atomic E-state index is -1.91. The molecular formula is C6H12N2O4. The highest BCUT2D eigenvalue weighted by atomic mass is 16.4. The van der Waals surface area contributed by atoms with Crippen molar-refractivity contribution in [2.24, 2.45) is 11.7 Å². The van der Waals surface area contributed by atoms with E-state index in [1.165, 1.54) is 13.8 Å². The summed E-state index contributed by atoms with van der Waals surface area (Å²) in [5.41, 5.74) is 3.38. The Kier molecular flexibility index (Phi) is 3.03. The van der Waals surface area contributed by atoms with E-state index in [-0.39, 0.29) is 0 Å². The molecule has 6 heteroatoms. The Hall–Kier alpha value is -1.30. The van der Waals surface area contributed by atoms with E-state index in [4.69, 9.17) is 15.9 Å². The average molecular weight is 176 g/mol. The molecule has 12 heavy (non-hydrogen) atoms. The summed E-state index contributed by atoms with van der Waals surface area (Å²) in [6, 6.07) is 0. The van der Waals surface area contributed by atoms with Crippen LogP contribution in [0.2, 0.25) is 0 Å². The Morgan fingerprint density at radius 1 is 1.42 bits per heavy atom. The number of nitrogens with one attached hydrogen (secondary N) is 1. The van der Waals surface area contributed by atoms with Crippen LogP contribution in [0.1, 0.15) is 13.8 Å². The second-order valence-corrected chi connectivity index (χ2v) is 2.76. The van der Waals surface area contributed by atoms with Gasteiger partial charge in [0.2, 0.25) is 0 Å². The van der Waals surface area contributed by atoms with Crippen LogP contribution in [0, 0.1) is 5.92 Å². The van der Waals surface area contributed by atoms with Crippen molar-refractivity contribution in [1.29, 1.82) is 0 Å². The van der Waals surface area contributed by atoms with Crippen LogP contribution < -0.4 is 11.1 Å². The van der Waals surface area contributed by atoms with E-state index in [0.29, 0.717) is 0 Å². The average Bonchev–Trinajstić information content (AvgIpc) is 1.84. The highest BCUT2D eigenvalue weighted by Gasteiger charge is 2.39. The topological polar surface area (TPSA) is 113 Å². The SMILES string of the molecule is CC(C)[C@](N)(NC(=O)O)C(=O)O. The van der Waals surface area contributed by atoms with Crippen molar-refractivity contribution in [1.82, 2.24) is 5.32 Å². The maximum atomic E-state index is 10.5. The van der Waals surface area contributed by atoms with Crippen LogP contribution in [0.15, 0.2) is 0 Å². The van der Waals surface area contributed by atoms with E-state index < -0.39 is 23.6 Å². The van der Waals surface area contributed by atoms with Crippen molar-refractivity contribution in [3.63, 3.8) is 0 Å². The maximum absolute atomic E-state index is 10.5. The van der Waals surface area contributed by atoms with E-state index in [1.807, 2.05) is 0 Å². The monoisotopic (exact) mass is 176 g/mol. The fraction of sp³-hybridized carbons (Fsp3) is 0.667. The molecule has 0 unspecified atom stereocenters. The lowest BCUT2D eigenvalue weighted by Crippen LogP contribution is -2.64. The van der Waals surface area contributed by atoms with E-state index in [2.05, 4.69) is 0 Å². The molecule has 0 aromatic carbocycles. The van der Waals surface area contributed by atoms with Crippen LogP contribution in [0.4, 0.5) is 4.79 Å². The standard InChI is InChI=1S/C6H12N2O4/c1-3(2)6(7,4(9)10)8-5(11)12/h3,8H,7H2,1-2H3,(H,9,10)(H,11,12)/t6-/m0/s1. The molecule has 0 saturated heterocycles. The molecule has 1 amide bonds. The fourth-order valence-electron chi connectivity index (χ4n) is 0.622. The van der Waals surface area contributed by atoms with Gasteiger partial charge in [0, 0.05) is 5.92 Å². The maximum Gasteiger partial charge on any atom is 0.406 e. The smallest absolute Gasteiger partial charge is 0.406 e. The number of amides is 1. The van der Waals surface area contributed by atoms with Gasteiger partial charge in [-0.2, -0.15) is 0 Å². The summed E-state index contributed by atoms with van der Waals surface area (Å²) in [6.45, 7) is 3.04. The number of carboxylic acids is 1. The van der Waals surface area contributed by atoms with Crippen molar-refractivity contribution in [2.75, 3.05) is 0 Å². The summed E-state index contributed by atoms with van der Waals surface area (Å²) in [4.78, 5) is 20.7. The number of carbonyl (C=O) groups is 2. The molecule has 6 nitrogen and oxygen atoms in total. The van der Waals surface area contributed by atoms with E-state index in [1.54, 1.807) is 5.32 Å². The predicted molar refractivity (Wildman–Crippen MR) is 40.6 cm³/mol. The Morgan fingerprint density at radius 2 is 1.83 bits per heavy atom. The van der Waals surface area contributed by atoms with Gasteiger partial charge in [-0.25, -0.2) is 9.59 Å². The van der Waals surface area contributed by atoms with E-state index in [0.717, 1.165) is 0 Å². The number of rotatable bonds is 3. The second-order valence-electron chi connectivity index (χ2n) is 2.76. The van der Waals surface area contributed by atoms with Crippen LogP contribution in [0.25, 0.3) is 0 Å². The highest BCUT2D eigenvalue weighted by Crippen LogP contribution is 2.10. The Balaban J connectivity index is 4.62. The first-order valence-electron chi connectivity index (χ1n) is 3.34. The van der Waals surface area contributed by atoms with E-state index >= 15 is 0 Å². The lowest BCUT2D eigenvalue weighted by atomic mass is 9.97. The molecule has 1 atom stereocenters. The minimum absolute atomic E-state index is 0.522. The molecule has 0 aliphatic heterocycles. The second kappa shape index (κ2) is 3.40. The lowest BCUT2D eigenvalue weighted by molar-refractivity contribution is -0.146. The molecule has 0 saturated carbocycles. The van der Waals surface area contributed by atoms with Crippen molar-refractivity contribution in [3.05, 3.63) is 0 Å². The summed E-state index contributed by atoms with van der Waals surface area (Å²) < 4.78 is 0. The zero-order valence-electron chi connectivity index (χ0n) is 6.87. The Morgan fingerprint density at radius 3 is 1.92 bits per heavy atom. The third-order valence-corrected chi connectivity index (χ3v) is 1.58. The minimum Gasteiger partial charge on any atom is -0.478 e. The highest BCUT2D eigenvalue weighted by molar-refractivity contribution is 5.83. The van der Waals surface area contributed by atoms with Gasteiger partial charge in [-0.05, 0) is 0 Å². The Labute approximate surface area is 69.4 Å². The summed E-state index contributed by atoms with van der Waals surface area (Å²) >= 11 is 0. The summed E-state index contributed by atoms with van der Waals surface area (Å²) in [5, 5.41) is 18.6. The van der Waals surface area contributed by atoms with Crippen LogP contribution in [0.5, 0.6) is 0 Å². The third kappa shape index (κ3) is 2.09. The number of aliphatic carboxylic acids is 1. The normalized spacial score (nSPS) is 15.3. The summed E-state index contributed by atoms with van der Waals surface area (Å²) in [7, 11) is 0. The van der Waals surface area contributed by atoms with Gasteiger partial charge in [0.1, 0.15) is 0 Å². The van der Waals surface area contributed by atoms with Gasteiger partial charge >= 0.3 is 12.1 Å². The summed E-state index contributed by atoms with van der Waals surface area (Å²) in [6.07, 6.45) is -1.45. The number of hydrogen-bond acceptors (Lipinski definition) is 3. The zero-order valence-corrected chi connectivity index (χ0v) is 6.87. The molecule has 5 N–H and O–H groups in total. The van der Waals surface area contributed by atoms with Gasteiger partial charge < -0.3 is 10.2 Å². The van der Waals surface area contributed by atoms with Gasteiger partial charge in [-0.15, -0.1) is 0 Å². The molecule has 70 valence electrons. The van der Waals surface area contributed by atoms with Crippen LogP contribution >= 0.6 is 0 Å².